The van der Waals surface area contributed by atoms with E-state index in [4.69, 9.17) is 0 Å². The smallest absolute Gasteiger partial charge is 0.150 e. The number of rotatable bonds is 11. The zero-order valence-electron chi connectivity index (χ0n) is 29.0. The van der Waals surface area contributed by atoms with E-state index in [0.29, 0.717) is 22.3 Å². The highest BCUT2D eigenvalue weighted by atomic mass is 31.1. The van der Waals surface area contributed by atoms with Gasteiger partial charge < -0.3 is 0 Å². The third kappa shape index (κ3) is 6.63. The van der Waals surface area contributed by atoms with Crippen molar-refractivity contribution in [1.82, 2.24) is 0 Å². The fourth-order valence-electron chi connectivity index (χ4n) is 7.13. The molecule has 0 bridgehead atoms. The maximum absolute atomic E-state index is 12.1. The number of carbonyl (C=O) groups excluding carboxylic acids is 4. The highest BCUT2D eigenvalue weighted by molar-refractivity contribution is 7.80. The summed E-state index contributed by atoms with van der Waals surface area (Å²) in [6.45, 7) is 0. The molecule has 0 spiro atoms. The standard InChI is InChI=1S/C48H32O4P2/c49-29-33-11-19-41(20-12-33)53(39-7-3-1-4-8-39)45-25-17-37-27-35(31-51)15-23-43(37)47(45)48-44-24-16-36(32-52)28-38(44)18-26-46(48)54(40-9-5-2-6-10-40)42-21-13-34(30-50)14-22-42/h1-32H. The number of hydrogen-bond acceptors (Lipinski definition) is 4. The number of hydrogen-bond donors (Lipinski definition) is 0. The predicted molar refractivity (Wildman–Crippen MR) is 226 cm³/mol. The lowest BCUT2D eigenvalue weighted by molar-refractivity contribution is 0.111. The van der Waals surface area contributed by atoms with Crippen LogP contribution in [0.4, 0.5) is 0 Å². The van der Waals surface area contributed by atoms with Crippen LogP contribution in [-0.4, -0.2) is 25.1 Å². The van der Waals surface area contributed by atoms with Gasteiger partial charge in [-0.15, -0.1) is 0 Å². The molecule has 0 aliphatic rings. The zero-order chi connectivity index (χ0) is 37.0. The van der Waals surface area contributed by atoms with Gasteiger partial charge in [-0.1, -0.05) is 158 Å². The molecule has 0 aliphatic heterocycles. The van der Waals surface area contributed by atoms with Crippen molar-refractivity contribution in [2.75, 3.05) is 0 Å². The SMILES string of the molecule is O=Cc1ccc(P(c2ccccc2)c2ccc3cc(C=O)ccc3c2-c2c(P(c3ccccc3)c3ccc(C=O)cc3)ccc3cc(C=O)ccc23)cc1. The highest BCUT2D eigenvalue weighted by Crippen LogP contribution is 2.46. The van der Waals surface area contributed by atoms with Crippen LogP contribution >= 0.6 is 15.8 Å². The van der Waals surface area contributed by atoms with Gasteiger partial charge in [0.15, 0.2) is 0 Å². The molecule has 2 atom stereocenters. The Morgan fingerprint density at radius 3 is 1.00 bits per heavy atom. The lowest BCUT2D eigenvalue weighted by Crippen LogP contribution is -2.26. The first-order valence-corrected chi connectivity index (χ1v) is 20.1. The topological polar surface area (TPSA) is 68.3 Å². The second-order valence-corrected chi connectivity index (χ2v) is 17.2. The van der Waals surface area contributed by atoms with E-state index >= 15 is 0 Å². The van der Waals surface area contributed by atoms with Crippen LogP contribution in [0.3, 0.4) is 0 Å². The maximum atomic E-state index is 12.1. The van der Waals surface area contributed by atoms with Crippen molar-refractivity contribution in [3.05, 3.63) is 192 Å². The lowest BCUT2D eigenvalue weighted by atomic mass is 9.92. The zero-order valence-corrected chi connectivity index (χ0v) is 30.8. The van der Waals surface area contributed by atoms with Crippen molar-refractivity contribution in [3.8, 4) is 11.1 Å². The third-order valence-corrected chi connectivity index (χ3v) is 14.6. The van der Waals surface area contributed by atoms with Gasteiger partial charge in [0.05, 0.1) is 0 Å². The fraction of sp³-hybridized carbons (Fsp3) is 0. The molecule has 0 saturated carbocycles. The molecule has 0 aliphatic carbocycles. The van der Waals surface area contributed by atoms with E-state index in [9.17, 15) is 19.2 Å². The highest BCUT2D eigenvalue weighted by Gasteiger charge is 2.28. The van der Waals surface area contributed by atoms with Crippen molar-refractivity contribution in [3.63, 3.8) is 0 Å². The van der Waals surface area contributed by atoms with Crippen molar-refractivity contribution >= 4 is 94.4 Å². The van der Waals surface area contributed by atoms with Crippen LogP contribution in [0, 0.1) is 0 Å². The Bertz CT molecular complexity index is 2480. The fourth-order valence-corrected chi connectivity index (χ4v) is 12.0. The van der Waals surface area contributed by atoms with Crippen molar-refractivity contribution in [2.45, 2.75) is 0 Å². The average molecular weight is 735 g/mol. The van der Waals surface area contributed by atoms with Gasteiger partial charge in [-0.2, -0.15) is 0 Å². The Labute approximate surface area is 315 Å². The molecule has 0 saturated heterocycles. The van der Waals surface area contributed by atoms with E-state index in [0.717, 1.165) is 89.6 Å². The molecule has 8 aromatic carbocycles. The van der Waals surface area contributed by atoms with Crippen molar-refractivity contribution in [1.29, 1.82) is 0 Å². The molecule has 0 fully saturated rings. The van der Waals surface area contributed by atoms with Crippen LogP contribution in [0.25, 0.3) is 32.7 Å². The molecule has 0 amide bonds. The molecule has 0 radical (unpaired) electrons. The number of benzene rings is 8. The summed E-state index contributed by atoms with van der Waals surface area (Å²) in [4.78, 5) is 47.6. The summed E-state index contributed by atoms with van der Waals surface area (Å²) in [5, 5.41) is 10.6. The minimum Gasteiger partial charge on any atom is -0.298 e. The molecule has 258 valence electrons. The Hall–Kier alpha value is -6.18. The van der Waals surface area contributed by atoms with Gasteiger partial charge in [0.25, 0.3) is 0 Å². The summed E-state index contributed by atoms with van der Waals surface area (Å²) in [5.41, 5.74) is 4.49. The van der Waals surface area contributed by atoms with Crippen molar-refractivity contribution < 1.29 is 19.2 Å². The second-order valence-electron chi connectivity index (χ2n) is 12.9. The summed E-state index contributed by atoms with van der Waals surface area (Å²) in [6, 6.07) is 57.0. The minimum absolute atomic E-state index is 0.589. The molecule has 54 heavy (non-hydrogen) atoms. The van der Waals surface area contributed by atoms with Crippen LogP contribution in [-0.2, 0) is 0 Å². The predicted octanol–water partition coefficient (Wildman–Crippen LogP) is 8.43. The number of fused-ring (bicyclic) bond motifs is 2. The molecule has 4 nitrogen and oxygen atoms in total. The Morgan fingerprint density at radius 1 is 0.315 bits per heavy atom. The first kappa shape index (κ1) is 34.9. The molecule has 2 unspecified atom stereocenters. The van der Waals surface area contributed by atoms with E-state index in [1.807, 2.05) is 60.7 Å². The summed E-state index contributed by atoms with van der Waals surface area (Å²) in [5.74, 6) is 0. The summed E-state index contributed by atoms with van der Waals surface area (Å²) < 4.78 is 0. The van der Waals surface area contributed by atoms with Gasteiger partial charge in [-0.05, 0) is 92.5 Å². The molecule has 0 aromatic heterocycles. The first-order chi connectivity index (χ1) is 26.6. The number of aldehydes is 4. The third-order valence-electron chi connectivity index (χ3n) is 9.65. The largest absolute Gasteiger partial charge is 0.298 e. The molecule has 0 heterocycles. The monoisotopic (exact) mass is 734 g/mol. The molecule has 6 heteroatoms. The van der Waals surface area contributed by atoms with Gasteiger partial charge in [-0.25, -0.2) is 0 Å². The van der Waals surface area contributed by atoms with E-state index < -0.39 is 15.8 Å². The van der Waals surface area contributed by atoms with E-state index in [2.05, 4.69) is 109 Å². The molecule has 0 N–H and O–H groups in total. The van der Waals surface area contributed by atoms with Crippen LogP contribution in [0.1, 0.15) is 41.4 Å². The van der Waals surface area contributed by atoms with Gasteiger partial charge in [0, 0.05) is 22.3 Å². The first-order valence-electron chi connectivity index (χ1n) is 17.5. The van der Waals surface area contributed by atoms with E-state index in [1.165, 1.54) is 0 Å². The number of carbonyl (C=O) groups is 4. The Morgan fingerprint density at radius 2 is 0.648 bits per heavy atom. The summed E-state index contributed by atoms with van der Waals surface area (Å²) in [7, 11) is -2.35. The second kappa shape index (κ2) is 15.4. The van der Waals surface area contributed by atoms with E-state index in [1.54, 1.807) is 0 Å². The minimum atomic E-state index is -1.18. The van der Waals surface area contributed by atoms with E-state index in [-0.39, 0.29) is 0 Å². The lowest BCUT2D eigenvalue weighted by Gasteiger charge is -2.28. The average Bonchev–Trinajstić information content (AvgIpc) is 3.24. The van der Waals surface area contributed by atoms with Gasteiger partial charge >= 0.3 is 0 Å². The Kier molecular flexibility index (Phi) is 9.97. The van der Waals surface area contributed by atoms with Gasteiger partial charge in [0.2, 0.25) is 0 Å². The quantitative estimate of drug-likeness (QED) is 0.0989. The van der Waals surface area contributed by atoms with Gasteiger partial charge in [-0.3, -0.25) is 19.2 Å². The Balaban J connectivity index is 1.54. The van der Waals surface area contributed by atoms with Crippen LogP contribution in [0.2, 0.25) is 0 Å². The molecule has 8 rings (SSSR count). The molecular formula is C48H32O4P2. The van der Waals surface area contributed by atoms with Gasteiger partial charge in [0.1, 0.15) is 25.1 Å². The summed E-state index contributed by atoms with van der Waals surface area (Å²) in [6.07, 6.45) is 3.48. The van der Waals surface area contributed by atoms with Crippen molar-refractivity contribution in [2.24, 2.45) is 0 Å². The molecule has 8 aromatic rings. The molecular weight excluding hydrogens is 702 g/mol. The van der Waals surface area contributed by atoms with Crippen LogP contribution < -0.4 is 31.8 Å². The maximum Gasteiger partial charge on any atom is 0.150 e. The van der Waals surface area contributed by atoms with Crippen LogP contribution in [0.5, 0.6) is 0 Å². The summed E-state index contributed by atoms with van der Waals surface area (Å²) >= 11 is 0. The normalized spacial score (nSPS) is 12.2. The van der Waals surface area contributed by atoms with Crippen LogP contribution in [0.15, 0.2) is 170 Å².